The van der Waals surface area contributed by atoms with Crippen molar-refractivity contribution >= 4 is 11.8 Å². The lowest BCUT2D eigenvalue weighted by molar-refractivity contribution is -0.149. The first kappa shape index (κ1) is 14.9. The molecule has 0 saturated carbocycles. The molecule has 0 bridgehead atoms. The molecule has 0 aromatic heterocycles. The van der Waals surface area contributed by atoms with Crippen molar-refractivity contribution < 1.29 is 14.3 Å². The van der Waals surface area contributed by atoms with Gasteiger partial charge in [0.15, 0.2) is 11.2 Å². The number of unbranched alkanes of at least 4 members (excludes halogenated alkanes) is 5. The van der Waals surface area contributed by atoms with Crippen LogP contribution in [0.4, 0.5) is 0 Å². The van der Waals surface area contributed by atoms with E-state index in [1.54, 1.807) is 6.08 Å². The molecule has 0 spiro atoms. The number of Topliss-reactive ketones (excluding diaryl/α,β-unsaturated/α-hetero) is 1. The second kappa shape index (κ2) is 6.72. The van der Waals surface area contributed by atoms with Crippen LogP contribution in [0.3, 0.4) is 0 Å². The largest absolute Gasteiger partial charge is 0.468 e. The summed E-state index contributed by atoms with van der Waals surface area (Å²) < 4.78 is 4.72. The molecule has 102 valence electrons. The van der Waals surface area contributed by atoms with Crippen molar-refractivity contribution in [2.45, 2.75) is 58.8 Å². The minimum absolute atomic E-state index is 0.115. The lowest BCUT2D eigenvalue weighted by atomic mass is 9.93. The van der Waals surface area contributed by atoms with Crippen molar-refractivity contribution in [3.63, 3.8) is 0 Å². The first-order valence-electron chi connectivity index (χ1n) is 6.91. The zero-order valence-electron chi connectivity index (χ0n) is 11.8. The van der Waals surface area contributed by atoms with Crippen LogP contribution in [0, 0.1) is 5.41 Å². The lowest BCUT2D eigenvalue weighted by Gasteiger charge is -2.12. The molecule has 0 fully saturated rings. The Balaban J connectivity index is 2.27. The summed E-state index contributed by atoms with van der Waals surface area (Å²) in [6.07, 6.45) is 9.92. The van der Waals surface area contributed by atoms with E-state index in [0.29, 0.717) is 0 Å². The molecular weight excluding hydrogens is 228 g/mol. The number of hydrogen-bond donors (Lipinski definition) is 0. The third-order valence-electron chi connectivity index (χ3n) is 3.68. The maximum absolute atomic E-state index is 11.6. The predicted octanol–water partition coefficient (Wildman–Crippen LogP) is 3.43. The van der Waals surface area contributed by atoms with Crippen LogP contribution in [-0.2, 0) is 14.3 Å². The minimum atomic E-state index is -0.988. The van der Waals surface area contributed by atoms with Gasteiger partial charge < -0.3 is 4.74 Å². The maximum atomic E-state index is 11.6. The van der Waals surface area contributed by atoms with Crippen molar-refractivity contribution in [3.05, 3.63) is 11.6 Å². The van der Waals surface area contributed by atoms with Crippen LogP contribution in [0.2, 0.25) is 0 Å². The summed E-state index contributed by atoms with van der Waals surface area (Å²) in [5.41, 5.74) is -0.0321. The van der Waals surface area contributed by atoms with Crippen LogP contribution < -0.4 is 0 Å². The number of carbonyl (C=O) groups is 2. The summed E-state index contributed by atoms with van der Waals surface area (Å²) in [4.78, 5) is 23.2. The van der Waals surface area contributed by atoms with Crippen LogP contribution in [-0.4, -0.2) is 18.9 Å². The van der Waals surface area contributed by atoms with Crippen LogP contribution in [0.5, 0.6) is 0 Å². The van der Waals surface area contributed by atoms with Gasteiger partial charge in [0.2, 0.25) is 0 Å². The van der Waals surface area contributed by atoms with E-state index in [1.165, 1.54) is 46.1 Å². The Kier molecular flexibility index (Phi) is 5.57. The number of methoxy groups -OCH3 is 1. The molecule has 0 aromatic rings. The predicted molar refractivity (Wildman–Crippen MR) is 71.2 cm³/mol. The molecule has 1 unspecified atom stereocenters. The standard InChI is InChI=1S/C15H24O3/c1-4-5-6-7-8-9-10-13-11-15(13,12(2)16)14(17)18-3/h11H,4-10H2,1-3H3. The maximum Gasteiger partial charge on any atom is 0.327 e. The zero-order valence-corrected chi connectivity index (χ0v) is 11.8. The van der Waals surface area contributed by atoms with Crippen LogP contribution in [0.15, 0.2) is 11.6 Å². The Hall–Kier alpha value is -1.12. The van der Waals surface area contributed by atoms with Crippen molar-refractivity contribution in [3.8, 4) is 0 Å². The minimum Gasteiger partial charge on any atom is -0.468 e. The topological polar surface area (TPSA) is 43.4 Å². The Bertz CT molecular complexity index is 344. The van der Waals surface area contributed by atoms with E-state index < -0.39 is 11.4 Å². The van der Waals surface area contributed by atoms with E-state index in [2.05, 4.69) is 6.92 Å². The number of ketones is 1. The van der Waals surface area contributed by atoms with Crippen LogP contribution in [0.1, 0.15) is 58.8 Å². The molecule has 0 aromatic carbocycles. The van der Waals surface area contributed by atoms with Gasteiger partial charge in [-0.05, 0) is 25.3 Å². The van der Waals surface area contributed by atoms with Crippen molar-refractivity contribution in [1.29, 1.82) is 0 Å². The molecule has 0 heterocycles. The Morgan fingerprint density at radius 1 is 1.17 bits per heavy atom. The summed E-state index contributed by atoms with van der Waals surface area (Å²) in [7, 11) is 1.33. The summed E-state index contributed by atoms with van der Waals surface area (Å²) in [5.74, 6) is -0.536. The number of rotatable bonds is 9. The highest BCUT2D eigenvalue weighted by Gasteiger charge is 2.55. The van der Waals surface area contributed by atoms with Gasteiger partial charge in [-0.2, -0.15) is 0 Å². The average Bonchev–Trinajstić information content (AvgIpc) is 3.08. The van der Waals surface area contributed by atoms with Gasteiger partial charge in [0.1, 0.15) is 0 Å². The van der Waals surface area contributed by atoms with Crippen molar-refractivity contribution in [2.24, 2.45) is 5.41 Å². The Labute approximate surface area is 110 Å². The zero-order chi connectivity index (χ0) is 13.6. The molecule has 3 heteroatoms. The molecule has 1 atom stereocenters. The normalized spacial score (nSPS) is 21.4. The second-order valence-electron chi connectivity index (χ2n) is 5.04. The molecule has 1 aliphatic carbocycles. The number of esters is 1. The molecule has 18 heavy (non-hydrogen) atoms. The number of ether oxygens (including phenoxy) is 1. The summed E-state index contributed by atoms with van der Waals surface area (Å²) in [6.45, 7) is 3.66. The van der Waals surface area contributed by atoms with E-state index in [1.807, 2.05) is 0 Å². The summed E-state index contributed by atoms with van der Waals surface area (Å²) >= 11 is 0. The molecule has 3 nitrogen and oxygen atoms in total. The highest BCUT2D eigenvalue weighted by Crippen LogP contribution is 2.48. The fourth-order valence-electron chi connectivity index (χ4n) is 2.41. The average molecular weight is 252 g/mol. The van der Waals surface area contributed by atoms with Crippen LogP contribution in [0.25, 0.3) is 0 Å². The summed E-state index contributed by atoms with van der Waals surface area (Å²) in [6, 6.07) is 0. The highest BCUT2D eigenvalue weighted by molar-refractivity contribution is 6.12. The fraction of sp³-hybridized carbons (Fsp3) is 0.733. The molecule has 0 aliphatic heterocycles. The smallest absolute Gasteiger partial charge is 0.327 e. The number of hydrogen-bond acceptors (Lipinski definition) is 3. The van der Waals surface area contributed by atoms with Gasteiger partial charge >= 0.3 is 5.97 Å². The Morgan fingerprint density at radius 3 is 2.33 bits per heavy atom. The van der Waals surface area contributed by atoms with E-state index in [-0.39, 0.29) is 5.78 Å². The molecule has 0 radical (unpaired) electrons. The van der Waals surface area contributed by atoms with Crippen molar-refractivity contribution in [2.75, 3.05) is 7.11 Å². The third-order valence-corrected chi connectivity index (χ3v) is 3.68. The fourth-order valence-corrected chi connectivity index (χ4v) is 2.41. The SMILES string of the molecule is CCCCCCCCC1=CC1(C(C)=O)C(=O)OC. The highest BCUT2D eigenvalue weighted by atomic mass is 16.5. The number of carbonyl (C=O) groups excluding carboxylic acids is 2. The first-order valence-corrected chi connectivity index (χ1v) is 6.91. The molecule has 1 aliphatic rings. The van der Waals surface area contributed by atoms with Gasteiger partial charge in [-0.3, -0.25) is 9.59 Å². The van der Waals surface area contributed by atoms with E-state index in [4.69, 9.17) is 4.74 Å². The van der Waals surface area contributed by atoms with Gasteiger partial charge in [0, 0.05) is 0 Å². The van der Waals surface area contributed by atoms with E-state index in [0.717, 1.165) is 18.4 Å². The molecule has 0 saturated heterocycles. The summed E-state index contributed by atoms with van der Waals surface area (Å²) in [5, 5.41) is 0. The quantitative estimate of drug-likeness (QED) is 0.273. The first-order chi connectivity index (χ1) is 8.59. The molecule has 0 N–H and O–H groups in total. The second-order valence-corrected chi connectivity index (χ2v) is 5.04. The van der Waals surface area contributed by atoms with Crippen LogP contribution >= 0.6 is 0 Å². The van der Waals surface area contributed by atoms with Gasteiger partial charge in [-0.25, -0.2) is 0 Å². The van der Waals surface area contributed by atoms with Gasteiger partial charge in [0.05, 0.1) is 7.11 Å². The van der Waals surface area contributed by atoms with E-state index >= 15 is 0 Å². The van der Waals surface area contributed by atoms with E-state index in [9.17, 15) is 9.59 Å². The lowest BCUT2D eigenvalue weighted by Crippen LogP contribution is -2.28. The molecule has 0 amide bonds. The monoisotopic (exact) mass is 252 g/mol. The third kappa shape index (κ3) is 3.21. The van der Waals surface area contributed by atoms with Crippen molar-refractivity contribution in [1.82, 2.24) is 0 Å². The van der Waals surface area contributed by atoms with Gasteiger partial charge in [0.25, 0.3) is 0 Å². The van der Waals surface area contributed by atoms with Gasteiger partial charge in [-0.15, -0.1) is 0 Å². The molecular formula is C15H24O3. The van der Waals surface area contributed by atoms with Gasteiger partial charge in [-0.1, -0.05) is 45.1 Å². The Morgan fingerprint density at radius 2 is 1.78 bits per heavy atom. The molecule has 1 rings (SSSR count).